The van der Waals surface area contributed by atoms with Crippen LogP contribution in [0.15, 0.2) is 82.8 Å². The normalized spacial score (nSPS) is 11.1. The molecule has 0 bridgehead atoms. The van der Waals surface area contributed by atoms with Crippen LogP contribution in [0, 0.1) is 6.92 Å². The number of fused-ring (bicyclic) bond motifs is 1. The summed E-state index contributed by atoms with van der Waals surface area (Å²) in [5, 5.41) is 4.76. The molecule has 4 rings (SSSR count). The number of nitrogens with one attached hydrogen (secondary N) is 1. The summed E-state index contributed by atoms with van der Waals surface area (Å²) in [7, 11) is 1.59. The molecular weight excluding hydrogens is 404 g/mol. The summed E-state index contributed by atoms with van der Waals surface area (Å²) in [6.45, 7) is 1.79. The number of methoxy groups -OCH3 is 1. The number of carbonyl (C=O) groups is 1. The molecule has 0 radical (unpaired) electrons. The zero-order valence-corrected chi connectivity index (χ0v) is 17.8. The number of amides is 1. The molecular formula is C25H22N4O3. The Hall–Kier alpha value is -4.26. The average molecular weight is 426 g/mol. The number of hydrazone groups is 1. The summed E-state index contributed by atoms with van der Waals surface area (Å²) in [5.74, 6) is 0.275. The van der Waals surface area contributed by atoms with Crippen molar-refractivity contribution in [1.29, 1.82) is 0 Å². The number of nitrogens with zero attached hydrogens (tertiary/aromatic N) is 3. The Bertz CT molecular complexity index is 1340. The highest BCUT2D eigenvalue weighted by Crippen LogP contribution is 2.22. The molecule has 0 fully saturated rings. The van der Waals surface area contributed by atoms with Crippen LogP contribution in [-0.4, -0.2) is 28.8 Å². The zero-order valence-electron chi connectivity index (χ0n) is 17.8. The van der Waals surface area contributed by atoms with Crippen molar-refractivity contribution < 1.29 is 9.53 Å². The maximum atomic E-state index is 13.3. The molecule has 2 aromatic carbocycles. The summed E-state index contributed by atoms with van der Waals surface area (Å²) in [5.41, 5.74) is 5.83. The molecule has 0 aliphatic heterocycles. The lowest BCUT2D eigenvalue weighted by Gasteiger charge is -2.12. The van der Waals surface area contributed by atoms with E-state index >= 15 is 0 Å². The number of pyridine rings is 2. The van der Waals surface area contributed by atoms with Crippen LogP contribution < -0.4 is 15.7 Å². The molecule has 2 heterocycles. The van der Waals surface area contributed by atoms with E-state index in [1.807, 2.05) is 49.4 Å². The number of hydrogen-bond acceptors (Lipinski definition) is 5. The minimum Gasteiger partial charge on any atom is -0.497 e. The molecule has 0 aliphatic rings. The smallest absolute Gasteiger partial charge is 0.260 e. The lowest BCUT2D eigenvalue weighted by molar-refractivity contribution is -0.121. The Morgan fingerprint density at radius 3 is 2.59 bits per heavy atom. The van der Waals surface area contributed by atoms with E-state index in [2.05, 4.69) is 15.5 Å². The standard InChI is InChI=1S/C25H22N4O3/c1-17-5-7-18(8-6-17)15-27-28-23(30)16-29-24-20(4-3-13-26-24)14-22(25(29)31)19-9-11-21(32-2)12-10-19/h3-15H,16H2,1-2H3,(H,28,30)/b27-15+. The van der Waals surface area contributed by atoms with Gasteiger partial charge in [-0.05, 0) is 48.4 Å². The fraction of sp³-hybridized carbons (Fsp3) is 0.120. The fourth-order valence-electron chi connectivity index (χ4n) is 3.34. The Kier molecular flexibility index (Phi) is 6.07. The molecule has 0 unspecified atom stereocenters. The molecule has 2 aromatic heterocycles. The highest BCUT2D eigenvalue weighted by atomic mass is 16.5. The van der Waals surface area contributed by atoms with Crippen LogP contribution in [0.4, 0.5) is 0 Å². The number of carbonyl (C=O) groups excluding carboxylic acids is 1. The highest BCUT2D eigenvalue weighted by Gasteiger charge is 2.14. The molecule has 1 N–H and O–H groups in total. The lowest BCUT2D eigenvalue weighted by Crippen LogP contribution is -2.31. The number of rotatable bonds is 6. The van der Waals surface area contributed by atoms with Crippen molar-refractivity contribution in [2.45, 2.75) is 13.5 Å². The van der Waals surface area contributed by atoms with E-state index in [1.54, 1.807) is 43.8 Å². The Balaban J connectivity index is 1.63. The quantitative estimate of drug-likeness (QED) is 0.378. The number of ether oxygens (including phenoxy) is 1. The van der Waals surface area contributed by atoms with Gasteiger partial charge in [-0.2, -0.15) is 5.10 Å². The maximum absolute atomic E-state index is 13.3. The van der Waals surface area contributed by atoms with Gasteiger partial charge in [0, 0.05) is 17.1 Å². The molecule has 0 saturated heterocycles. The predicted octanol–water partition coefficient (Wildman–Crippen LogP) is 3.53. The van der Waals surface area contributed by atoms with Gasteiger partial charge in [-0.3, -0.25) is 14.2 Å². The van der Waals surface area contributed by atoms with E-state index < -0.39 is 5.91 Å². The van der Waals surface area contributed by atoms with Crippen molar-refractivity contribution in [2.24, 2.45) is 5.10 Å². The second-order valence-corrected chi connectivity index (χ2v) is 7.30. The predicted molar refractivity (Wildman–Crippen MR) is 125 cm³/mol. The number of hydrogen-bond donors (Lipinski definition) is 1. The fourth-order valence-corrected chi connectivity index (χ4v) is 3.34. The van der Waals surface area contributed by atoms with E-state index in [9.17, 15) is 9.59 Å². The first-order valence-electron chi connectivity index (χ1n) is 10.1. The molecule has 7 heteroatoms. The second-order valence-electron chi connectivity index (χ2n) is 7.30. The minimum absolute atomic E-state index is 0.207. The van der Waals surface area contributed by atoms with Crippen LogP contribution in [0.1, 0.15) is 11.1 Å². The van der Waals surface area contributed by atoms with Gasteiger partial charge in [-0.1, -0.05) is 42.0 Å². The number of benzene rings is 2. The maximum Gasteiger partial charge on any atom is 0.260 e. The van der Waals surface area contributed by atoms with Crippen molar-refractivity contribution in [1.82, 2.24) is 15.0 Å². The van der Waals surface area contributed by atoms with Gasteiger partial charge in [0.2, 0.25) is 0 Å². The number of aryl methyl sites for hydroxylation is 1. The van der Waals surface area contributed by atoms with Gasteiger partial charge in [-0.25, -0.2) is 10.4 Å². The van der Waals surface area contributed by atoms with Gasteiger partial charge >= 0.3 is 0 Å². The first-order valence-corrected chi connectivity index (χ1v) is 10.1. The lowest BCUT2D eigenvalue weighted by atomic mass is 10.1. The summed E-state index contributed by atoms with van der Waals surface area (Å²) >= 11 is 0. The van der Waals surface area contributed by atoms with Crippen molar-refractivity contribution in [3.8, 4) is 16.9 Å². The van der Waals surface area contributed by atoms with E-state index in [4.69, 9.17) is 4.74 Å². The highest BCUT2D eigenvalue weighted by molar-refractivity contribution is 5.85. The van der Waals surface area contributed by atoms with E-state index in [1.165, 1.54) is 4.57 Å². The van der Waals surface area contributed by atoms with E-state index in [-0.39, 0.29) is 12.1 Å². The van der Waals surface area contributed by atoms with Crippen molar-refractivity contribution >= 4 is 23.2 Å². The van der Waals surface area contributed by atoms with Crippen molar-refractivity contribution in [3.05, 3.63) is 94.4 Å². The van der Waals surface area contributed by atoms with Crippen LogP contribution in [0.5, 0.6) is 5.75 Å². The van der Waals surface area contributed by atoms with E-state index in [0.717, 1.165) is 22.1 Å². The molecule has 160 valence electrons. The van der Waals surface area contributed by atoms with Crippen LogP contribution in [-0.2, 0) is 11.3 Å². The van der Waals surface area contributed by atoms with Gasteiger partial charge in [0.05, 0.1) is 13.3 Å². The molecule has 0 saturated carbocycles. The molecule has 1 amide bonds. The second kappa shape index (κ2) is 9.26. The van der Waals surface area contributed by atoms with Crippen molar-refractivity contribution in [2.75, 3.05) is 7.11 Å². The van der Waals surface area contributed by atoms with Gasteiger partial charge < -0.3 is 4.74 Å². The minimum atomic E-state index is -0.422. The summed E-state index contributed by atoms with van der Waals surface area (Å²) < 4.78 is 6.56. The Morgan fingerprint density at radius 2 is 1.88 bits per heavy atom. The summed E-state index contributed by atoms with van der Waals surface area (Å²) in [4.78, 5) is 30.1. The third kappa shape index (κ3) is 4.57. The topological polar surface area (TPSA) is 85.6 Å². The van der Waals surface area contributed by atoms with Crippen LogP contribution in [0.3, 0.4) is 0 Å². The zero-order chi connectivity index (χ0) is 22.5. The molecule has 32 heavy (non-hydrogen) atoms. The van der Waals surface area contributed by atoms with Crippen LogP contribution >= 0.6 is 0 Å². The van der Waals surface area contributed by atoms with E-state index in [0.29, 0.717) is 17.0 Å². The molecule has 7 nitrogen and oxygen atoms in total. The summed E-state index contributed by atoms with van der Waals surface area (Å²) in [6, 6.07) is 20.4. The number of aromatic nitrogens is 2. The third-order valence-electron chi connectivity index (χ3n) is 5.03. The first kappa shape index (κ1) is 21.0. The Labute approximate surface area is 185 Å². The SMILES string of the molecule is COc1ccc(-c2cc3cccnc3n(CC(=O)N/N=C/c3ccc(C)cc3)c2=O)cc1. The Morgan fingerprint density at radius 1 is 1.12 bits per heavy atom. The molecule has 0 aliphatic carbocycles. The molecule has 0 spiro atoms. The molecule has 0 atom stereocenters. The van der Waals surface area contributed by atoms with Crippen LogP contribution in [0.2, 0.25) is 0 Å². The van der Waals surface area contributed by atoms with Crippen LogP contribution in [0.25, 0.3) is 22.2 Å². The first-order chi connectivity index (χ1) is 15.5. The van der Waals surface area contributed by atoms with Crippen molar-refractivity contribution in [3.63, 3.8) is 0 Å². The van der Waals surface area contributed by atoms with Gasteiger partial charge in [0.1, 0.15) is 17.9 Å². The monoisotopic (exact) mass is 426 g/mol. The average Bonchev–Trinajstić information content (AvgIpc) is 2.82. The third-order valence-corrected chi connectivity index (χ3v) is 5.03. The van der Waals surface area contributed by atoms with Gasteiger partial charge in [0.15, 0.2) is 0 Å². The van der Waals surface area contributed by atoms with Gasteiger partial charge in [-0.15, -0.1) is 0 Å². The largest absolute Gasteiger partial charge is 0.497 e. The summed E-state index contributed by atoms with van der Waals surface area (Å²) in [6.07, 6.45) is 3.16. The van der Waals surface area contributed by atoms with Gasteiger partial charge in [0.25, 0.3) is 11.5 Å². The molecule has 4 aromatic rings.